The summed E-state index contributed by atoms with van der Waals surface area (Å²) in [6, 6.07) is 8.36. The van der Waals surface area contributed by atoms with E-state index in [9.17, 15) is 4.79 Å². The maximum atomic E-state index is 12.3. The SMILES string of the molecule is CN=C(NCc1cccc(NC(=O)C2CCCC2)c1)NC(C)C(C)C.I. The number of aliphatic imine (C=N–C) groups is 1. The zero-order chi connectivity index (χ0) is 18.2. The Labute approximate surface area is 174 Å². The molecule has 2 rings (SSSR count). The second-order valence-corrected chi connectivity index (χ2v) is 7.27. The van der Waals surface area contributed by atoms with Crippen molar-refractivity contribution in [3.8, 4) is 0 Å². The summed E-state index contributed by atoms with van der Waals surface area (Å²) in [6.07, 6.45) is 4.37. The first kappa shape index (κ1) is 22.7. The van der Waals surface area contributed by atoms with Crippen LogP contribution in [0.2, 0.25) is 0 Å². The number of halogens is 1. The minimum absolute atomic E-state index is 0. The third-order valence-corrected chi connectivity index (χ3v) is 4.97. The first-order chi connectivity index (χ1) is 12.0. The van der Waals surface area contributed by atoms with Crippen LogP contribution in [0.3, 0.4) is 0 Å². The van der Waals surface area contributed by atoms with Gasteiger partial charge in [-0.05, 0) is 43.4 Å². The molecule has 26 heavy (non-hydrogen) atoms. The number of guanidine groups is 1. The van der Waals surface area contributed by atoms with Crippen LogP contribution in [0.4, 0.5) is 5.69 Å². The van der Waals surface area contributed by atoms with Crippen LogP contribution in [0.1, 0.15) is 52.0 Å². The number of benzene rings is 1. The molecule has 1 atom stereocenters. The van der Waals surface area contributed by atoms with E-state index in [4.69, 9.17) is 0 Å². The highest BCUT2D eigenvalue weighted by atomic mass is 127. The fourth-order valence-corrected chi connectivity index (χ4v) is 2.95. The number of rotatable bonds is 6. The monoisotopic (exact) mass is 472 g/mol. The zero-order valence-corrected chi connectivity index (χ0v) is 18.7. The molecule has 0 aliphatic heterocycles. The maximum Gasteiger partial charge on any atom is 0.227 e. The first-order valence-corrected chi connectivity index (χ1v) is 9.36. The lowest BCUT2D eigenvalue weighted by atomic mass is 10.1. The summed E-state index contributed by atoms with van der Waals surface area (Å²) in [5.41, 5.74) is 1.99. The molecule has 1 aliphatic carbocycles. The number of nitrogens with zero attached hydrogens (tertiary/aromatic N) is 1. The smallest absolute Gasteiger partial charge is 0.227 e. The topological polar surface area (TPSA) is 65.5 Å². The van der Waals surface area contributed by atoms with E-state index in [0.29, 0.717) is 18.5 Å². The third kappa shape index (κ3) is 7.13. The van der Waals surface area contributed by atoms with E-state index in [1.54, 1.807) is 7.05 Å². The molecular formula is C20H33IN4O. The maximum absolute atomic E-state index is 12.3. The highest BCUT2D eigenvalue weighted by Gasteiger charge is 2.22. The van der Waals surface area contributed by atoms with Crippen LogP contribution in [0, 0.1) is 11.8 Å². The Morgan fingerprint density at radius 1 is 1.23 bits per heavy atom. The molecule has 0 radical (unpaired) electrons. The summed E-state index contributed by atoms with van der Waals surface area (Å²) >= 11 is 0. The van der Waals surface area contributed by atoms with Crippen LogP contribution < -0.4 is 16.0 Å². The zero-order valence-electron chi connectivity index (χ0n) is 16.3. The Hall–Kier alpha value is -1.31. The van der Waals surface area contributed by atoms with Crippen molar-refractivity contribution in [2.24, 2.45) is 16.8 Å². The Balaban J connectivity index is 0.00000338. The largest absolute Gasteiger partial charge is 0.354 e. The van der Waals surface area contributed by atoms with Crippen molar-refractivity contribution in [2.75, 3.05) is 12.4 Å². The third-order valence-electron chi connectivity index (χ3n) is 4.97. The second kappa shape index (κ2) is 11.4. The molecule has 1 saturated carbocycles. The van der Waals surface area contributed by atoms with Gasteiger partial charge in [-0.3, -0.25) is 9.79 Å². The van der Waals surface area contributed by atoms with Gasteiger partial charge in [-0.1, -0.05) is 38.8 Å². The van der Waals surface area contributed by atoms with Crippen molar-refractivity contribution >= 4 is 41.5 Å². The fraction of sp³-hybridized carbons (Fsp3) is 0.600. The molecule has 146 valence electrons. The Morgan fingerprint density at radius 3 is 2.54 bits per heavy atom. The number of amides is 1. The van der Waals surface area contributed by atoms with E-state index in [0.717, 1.165) is 30.1 Å². The lowest BCUT2D eigenvalue weighted by molar-refractivity contribution is -0.119. The molecule has 0 heterocycles. The van der Waals surface area contributed by atoms with Gasteiger partial charge >= 0.3 is 0 Å². The van der Waals surface area contributed by atoms with Crippen molar-refractivity contribution in [2.45, 2.75) is 59.0 Å². The minimum atomic E-state index is 0. The molecule has 1 unspecified atom stereocenters. The molecular weight excluding hydrogens is 439 g/mol. The normalized spacial score (nSPS) is 16.1. The van der Waals surface area contributed by atoms with Gasteiger partial charge < -0.3 is 16.0 Å². The van der Waals surface area contributed by atoms with Gasteiger partial charge in [-0.15, -0.1) is 24.0 Å². The van der Waals surface area contributed by atoms with Crippen molar-refractivity contribution in [3.63, 3.8) is 0 Å². The number of hydrogen-bond donors (Lipinski definition) is 3. The van der Waals surface area contributed by atoms with Crippen LogP contribution in [-0.4, -0.2) is 25.0 Å². The first-order valence-electron chi connectivity index (χ1n) is 9.36. The Bertz CT molecular complexity index is 597. The fourth-order valence-electron chi connectivity index (χ4n) is 2.95. The highest BCUT2D eigenvalue weighted by molar-refractivity contribution is 14.0. The van der Waals surface area contributed by atoms with E-state index in [1.807, 2.05) is 18.2 Å². The van der Waals surface area contributed by atoms with Crippen molar-refractivity contribution in [3.05, 3.63) is 29.8 Å². The highest BCUT2D eigenvalue weighted by Crippen LogP contribution is 2.26. The number of anilines is 1. The molecule has 1 amide bonds. The van der Waals surface area contributed by atoms with E-state index in [2.05, 4.69) is 47.8 Å². The van der Waals surface area contributed by atoms with Crippen LogP contribution in [0.15, 0.2) is 29.3 Å². The number of hydrogen-bond acceptors (Lipinski definition) is 2. The Morgan fingerprint density at radius 2 is 1.92 bits per heavy atom. The van der Waals surface area contributed by atoms with Gasteiger partial charge in [0.05, 0.1) is 0 Å². The minimum Gasteiger partial charge on any atom is -0.354 e. The lowest BCUT2D eigenvalue weighted by Gasteiger charge is -2.21. The van der Waals surface area contributed by atoms with Gasteiger partial charge in [0.1, 0.15) is 0 Å². The average molecular weight is 472 g/mol. The molecule has 6 heteroatoms. The van der Waals surface area contributed by atoms with Crippen LogP contribution in [0.5, 0.6) is 0 Å². The molecule has 1 aliphatic rings. The van der Waals surface area contributed by atoms with E-state index in [-0.39, 0.29) is 35.8 Å². The summed E-state index contributed by atoms with van der Waals surface area (Å²) < 4.78 is 0. The van der Waals surface area contributed by atoms with Crippen molar-refractivity contribution < 1.29 is 4.79 Å². The quantitative estimate of drug-likeness (QED) is 0.331. The van der Waals surface area contributed by atoms with Gasteiger partial charge in [0.15, 0.2) is 5.96 Å². The molecule has 0 spiro atoms. The molecule has 0 saturated heterocycles. The van der Waals surface area contributed by atoms with Gasteiger partial charge in [-0.25, -0.2) is 0 Å². The second-order valence-electron chi connectivity index (χ2n) is 7.27. The van der Waals surface area contributed by atoms with Crippen LogP contribution >= 0.6 is 24.0 Å². The summed E-state index contributed by atoms with van der Waals surface area (Å²) in [4.78, 5) is 16.5. The predicted octanol–water partition coefficient (Wildman–Crippen LogP) is 4.14. The molecule has 0 bridgehead atoms. The molecule has 1 aromatic carbocycles. The summed E-state index contributed by atoms with van der Waals surface area (Å²) in [5, 5.41) is 9.78. The molecule has 5 nitrogen and oxygen atoms in total. The summed E-state index contributed by atoms with van der Waals surface area (Å²) in [6.45, 7) is 7.18. The number of nitrogens with one attached hydrogen (secondary N) is 3. The molecule has 3 N–H and O–H groups in total. The number of carbonyl (C=O) groups excluding carboxylic acids is 1. The summed E-state index contributed by atoms with van der Waals surface area (Å²) in [7, 11) is 1.78. The molecule has 0 aromatic heterocycles. The summed E-state index contributed by atoms with van der Waals surface area (Å²) in [5.74, 6) is 1.67. The van der Waals surface area contributed by atoms with Gasteiger partial charge in [0, 0.05) is 31.2 Å². The van der Waals surface area contributed by atoms with Gasteiger partial charge in [-0.2, -0.15) is 0 Å². The van der Waals surface area contributed by atoms with E-state index in [1.165, 1.54) is 12.8 Å². The van der Waals surface area contributed by atoms with Gasteiger partial charge in [0.2, 0.25) is 5.91 Å². The lowest BCUT2D eigenvalue weighted by Crippen LogP contribution is -2.43. The van der Waals surface area contributed by atoms with Crippen molar-refractivity contribution in [1.82, 2.24) is 10.6 Å². The van der Waals surface area contributed by atoms with Crippen LogP contribution in [0.25, 0.3) is 0 Å². The standard InChI is InChI=1S/C20H32N4O.HI/c1-14(2)15(3)23-20(21-4)22-13-16-8-7-11-18(12-16)24-19(25)17-9-5-6-10-17;/h7-8,11-12,14-15,17H,5-6,9-10,13H2,1-4H3,(H,24,25)(H2,21,22,23);1H. The predicted molar refractivity (Wildman–Crippen MR) is 120 cm³/mol. The average Bonchev–Trinajstić information content (AvgIpc) is 3.13. The van der Waals surface area contributed by atoms with Crippen molar-refractivity contribution in [1.29, 1.82) is 0 Å². The van der Waals surface area contributed by atoms with E-state index >= 15 is 0 Å². The molecule has 1 aromatic rings. The van der Waals surface area contributed by atoms with Crippen LogP contribution in [-0.2, 0) is 11.3 Å². The Kier molecular flexibility index (Phi) is 9.98. The number of carbonyl (C=O) groups is 1. The molecule has 1 fully saturated rings. The van der Waals surface area contributed by atoms with E-state index < -0.39 is 0 Å². The van der Waals surface area contributed by atoms with Gasteiger partial charge in [0.25, 0.3) is 0 Å².